The lowest BCUT2D eigenvalue weighted by Gasteiger charge is -2.38. The van der Waals surface area contributed by atoms with Gasteiger partial charge in [-0.25, -0.2) is 9.97 Å². The summed E-state index contributed by atoms with van der Waals surface area (Å²) in [5.74, 6) is 2.51. The lowest BCUT2D eigenvalue weighted by molar-refractivity contribution is 0.0694. The predicted octanol–water partition coefficient (Wildman–Crippen LogP) is 3.85. The van der Waals surface area contributed by atoms with Gasteiger partial charge in [0, 0.05) is 49.7 Å². The van der Waals surface area contributed by atoms with Crippen molar-refractivity contribution >= 4 is 29.9 Å². The minimum atomic E-state index is -0.247. The number of nitrogens with one attached hydrogen (secondary N) is 2. The van der Waals surface area contributed by atoms with E-state index in [-0.39, 0.29) is 35.6 Å². The quantitative estimate of drug-likeness (QED) is 0.312. The van der Waals surface area contributed by atoms with E-state index in [0.29, 0.717) is 6.54 Å². The van der Waals surface area contributed by atoms with Crippen molar-refractivity contribution in [2.45, 2.75) is 38.5 Å². The average Bonchev–Trinajstić information content (AvgIpc) is 3.25. The SMILES string of the molecule is CN=C(NCc1cccnc1-n1ccnc1)NC1CC(C)(C)Oc2ccccc21.I. The normalized spacial score (nSPS) is 17.3. The van der Waals surface area contributed by atoms with Crippen LogP contribution in [0.25, 0.3) is 5.82 Å². The Morgan fingerprint density at radius 2 is 2.07 bits per heavy atom. The number of nitrogens with zero attached hydrogens (tertiary/aromatic N) is 4. The highest BCUT2D eigenvalue weighted by atomic mass is 127. The van der Waals surface area contributed by atoms with Crippen LogP contribution in [0.4, 0.5) is 0 Å². The number of rotatable bonds is 4. The summed E-state index contributed by atoms with van der Waals surface area (Å²) in [5.41, 5.74) is 1.96. The van der Waals surface area contributed by atoms with Crippen molar-refractivity contribution in [2.75, 3.05) is 7.05 Å². The summed E-state index contributed by atoms with van der Waals surface area (Å²) in [6, 6.07) is 12.3. The number of fused-ring (bicyclic) bond motifs is 1. The van der Waals surface area contributed by atoms with E-state index in [1.54, 1.807) is 25.8 Å². The summed E-state index contributed by atoms with van der Waals surface area (Å²) >= 11 is 0. The number of halogens is 1. The third kappa shape index (κ3) is 4.92. The van der Waals surface area contributed by atoms with Gasteiger partial charge in [0.05, 0.1) is 6.04 Å². The molecule has 30 heavy (non-hydrogen) atoms. The smallest absolute Gasteiger partial charge is 0.191 e. The third-order valence-corrected chi connectivity index (χ3v) is 4.97. The average molecular weight is 518 g/mol. The number of hydrogen-bond donors (Lipinski definition) is 2. The number of aromatic nitrogens is 3. The Bertz CT molecular complexity index is 1000. The summed E-state index contributed by atoms with van der Waals surface area (Å²) in [5, 5.41) is 6.98. The maximum absolute atomic E-state index is 6.13. The summed E-state index contributed by atoms with van der Waals surface area (Å²) < 4.78 is 8.04. The second-order valence-corrected chi connectivity index (χ2v) is 7.68. The van der Waals surface area contributed by atoms with E-state index < -0.39 is 0 Å². The number of pyridine rings is 1. The number of aliphatic imine (C=N–C) groups is 1. The van der Waals surface area contributed by atoms with Gasteiger partial charge in [0.1, 0.15) is 23.5 Å². The molecule has 1 aromatic carbocycles. The highest BCUT2D eigenvalue weighted by Gasteiger charge is 2.33. The second kappa shape index (κ2) is 9.46. The molecule has 3 aromatic rings. The van der Waals surface area contributed by atoms with Crippen molar-refractivity contribution < 1.29 is 4.74 Å². The van der Waals surface area contributed by atoms with E-state index in [0.717, 1.165) is 35.1 Å². The van der Waals surface area contributed by atoms with Crippen LogP contribution < -0.4 is 15.4 Å². The van der Waals surface area contributed by atoms with Crippen LogP contribution in [-0.4, -0.2) is 33.1 Å². The maximum Gasteiger partial charge on any atom is 0.191 e. The van der Waals surface area contributed by atoms with Gasteiger partial charge < -0.3 is 15.4 Å². The number of benzene rings is 1. The fourth-order valence-corrected chi connectivity index (χ4v) is 3.65. The lowest BCUT2D eigenvalue weighted by atomic mass is 9.90. The molecule has 0 aliphatic carbocycles. The van der Waals surface area contributed by atoms with Gasteiger partial charge in [0.15, 0.2) is 5.96 Å². The Kier molecular flexibility index (Phi) is 6.96. The highest BCUT2D eigenvalue weighted by Crippen LogP contribution is 2.39. The van der Waals surface area contributed by atoms with Crippen molar-refractivity contribution in [3.63, 3.8) is 0 Å². The van der Waals surface area contributed by atoms with Crippen LogP contribution in [0.15, 0.2) is 66.3 Å². The van der Waals surface area contributed by atoms with E-state index >= 15 is 0 Å². The van der Waals surface area contributed by atoms with Gasteiger partial charge in [-0.05, 0) is 26.0 Å². The van der Waals surface area contributed by atoms with Crippen molar-refractivity contribution in [3.8, 4) is 11.6 Å². The molecule has 8 heteroatoms. The van der Waals surface area contributed by atoms with Crippen molar-refractivity contribution in [1.29, 1.82) is 0 Å². The molecule has 0 saturated carbocycles. The molecule has 3 heterocycles. The van der Waals surface area contributed by atoms with Gasteiger partial charge in [0.2, 0.25) is 0 Å². The maximum atomic E-state index is 6.13. The van der Waals surface area contributed by atoms with Crippen LogP contribution in [0.3, 0.4) is 0 Å². The number of ether oxygens (including phenoxy) is 1. The van der Waals surface area contributed by atoms with Crippen LogP contribution in [0.1, 0.15) is 37.4 Å². The summed E-state index contributed by atoms with van der Waals surface area (Å²) in [6.45, 7) is 4.82. The zero-order valence-electron chi connectivity index (χ0n) is 17.4. The van der Waals surface area contributed by atoms with Gasteiger partial charge in [-0.15, -0.1) is 24.0 Å². The van der Waals surface area contributed by atoms with Crippen LogP contribution in [-0.2, 0) is 6.54 Å². The van der Waals surface area contributed by atoms with Crippen LogP contribution >= 0.6 is 24.0 Å². The molecule has 0 spiro atoms. The molecule has 1 unspecified atom stereocenters. The van der Waals surface area contributed by atoms with Crippen molar-refractivity contribution in [2.24, 2.45) is 4.99 Å². The molecule has 158 valence electrons. The Morgan fingerprint density at radius 3 is 2.83 bits per heavy atom. The van der Waals surface area contributed by atoms with E-state index in [1.807, 2.05) is 35.0 Å². The predicted molar refractivity (Wildman–Crippen MR) is 129 cm³/mol. The second-order valence-electron chi connectivity index (χ2n) is 7.68. The monoisotopic (exact) mass is 518 g/mol. The Hall–Kier alpha value is -2.62. The van der Waals surface area contributed by atoms with Gasteiger partial charge in [0.25, 0.3) is 0 Å². The minimum Gasteiger partial charge on any atom is -0.487 e. The highest BCUT2D eigenvalue weighted by molar-refractivity contribution is 14.0. The largest absolute Gasteiger partial charge is 0.487 e. The number of hydrogen-bond acceptors (Lipinski definition) is 4. The number of para-hydroxylation sites is 1. The fourth-order valence-electron chi connectivity index (χ4n) is 3.65. The third-order valence-electron chi connectivity index (χ3n) is 4.97. The topological polar surface area (TPSA) is 76.4 Å². The molecular weight excluding hydrogens is 491 g/mol. The van der Waals surface area contributed by atoms with Crippen molar-refractivity contribution in [3.05, 3.63) is 72.4 Å². The molecule has 2 N–H and O–H groups in total. The van der Waals surface area contributed by atoms with E-state index in [2.05, 4.69) is 51.6 Å². The van der Waals surface area contributed by atoms with E-state index in [9.17, 15) is 0 Å². The molecule has 1 atom stereocenters. The molecule has 1 aliphatic rings. The molecule has 1 aliphatic heterocycles. The molecule has 4 rings (SSSR count). The number of guanidine groups is 1. The van der Waals surface area contributed by atoms with Crippen molar-refractivity contribution in [1.82, 2.24) is 25.2 Å². The molecule has 0 radical (unpaired) electrons. The van der Waals surface area contributed by atoms with Crippen LogP contribution in [0, 0.1) is 0 Å². The molecule has 0 fully saturated rings. The number of imidazole rings is 1. The lowest BCUT2D eigenvalue weighted by Crippen LogP contribution is -2.45. The molecule has 0 saturated heterocycles. The van der Waals surface area contributed by atoms with E-state index in [4.69, 9.17) is 4.74 Å². The Labute approximate surface area is 194 Å². The van der Waals surface area contributed by atoms with E-state index in [1.165, 1.54) is 0 Å². The summed E-state index contributed by atoms with van der Waals surface area (Å²) in [7, 11) is 1.78. The minimum absolute atomic E-state index is 0. The van der Waals surface area contributed by atoms with Crippen LogP contribution in [0.5, 0.6) is 5.75 Å². The molecule has 0 amide bonds. The Morgan fingerprint density at radius 1 is 1.23 bits per heavy atom. The van der Waals surface area contributed by atoms with Gasteiger partial charge in [-0.1, -0.05) is 24.3 Å². The Balaban J connectivity index is 0.00000256. The van der Waals surface area contributed by atoms with Gasteiger partial charge in [-0.3, -0.25) is 9.56 Å². The summed E-state index contributed by atoms with van der Waals surface area (Å²) in [4.78, 5) is 13.0. The van der Waals surface area contributed by atoms with Crippen LogP contribution in [0.2, 0.25) is 0 Å². The zero-order valence-corrected chi connectivity index (χ0v) is 19.7. The first-order chi connectivity index (χ1) is 14.1. The summed E-state index contributed by atoms with van der Waals surface area (Å²) in [6.07, 6.45) is 8.02. The first-order valence-corrected chi connectivity index (χ1v) is 9.73. The van der Waals surface area contributed by atoms with Gasteiger partial charge >= 0.3 is 0 Å². The molecule has 2 aromatic heterocycles. The van der Waals surface area contributed by atoms with Gasteiger partial charge in [-0.2, -0.15) is 0 Å². The zero-order chi connectivity index (χ0) is 20.3. The molecular formula is C22H27IN6O. The molecule has 7 nitrogen and oxygen atoms in total. The first kappa shape index (κ1) is 22.1. The standard InChI is InChI=1S/C22H26N6O.HI/c1-22(2)13-18(17-8-4-5-9-19(17)29-22)27-21(23-3)26-14-16-7-6-10-25-20(16)28-12-11-24-15-28;/h4-12,15,18H,13-14H2,1-3H3,(H2,23,26,27);1H. The fraction of sp³-hybridized carbons (Fsp3) is 0.318. The first-order valence-electron chi connectivity index (χ1n) is 9.73. The molecule has 0 bridgehead atoms.